The Morgan fingerprint density at radius 3 is 2.62 bits per heavy atom. The van der Waals surface area contributed by atoms with Crippen molar-refractivity contribution in [1.82, 2.24) is 4.98 Å². The number of carbonyl (C=O) groups excluding carboxylic acids is 1. The first-order chi connectivity index (χ1) is 10.2. The molecule has 5 nitrogen and oxygen atoms in total. The second-order valence-corrected chi connectivity index (χ2v) is 4.41. The highest BCUT2D eigenvalue weighted by atomic mass is 16.5. The third-order valence-electron chi connectivity index (χ3n) is 2.91. The van der Waals surface area contributed by atoms with Crippen LogP contribution >= 0.6 is 0 Å². The van der Waals surface area contributed by atoms with Crippen molar-refractivity contribution in [2.45, 2.75) is 20.0 Å². The number of methoxy groups -OCH3 is 1. The molecule has 0 aliphatic rings. The number of carbonyl (C=O) groups is 1. The van der Waals surface area contributed by atoms with E-state index in [4.69, 9.17) is 9.47 Å². The van der Waals surface area contributed by atoms with E-state index in [0.29, 0.717) is 30.2 Å². The van der Waals surface area contributed by atoms with Gasteiger partial charge in [0.1, 0.15) is 6.61 Å². The SMILES string of the molecule is CCC(=O)Nc1ccc(OC)c(OCc2ccncc2)c1. The van der Waals surface area contributed by atoms with Crippen molar-refractivity contribution in [3.63, 3.8) is 0 Å². The molecule has 0 spiro atoms. The number of hydrogen-bond acceptors (Lipinski definition) is 4. The van der Waals surface area contributed by atoms with E-state index >= 15 is 0 Å². The standard InChI is InChI=1S/C16H18N2O3/c1-3-16(19)18-13-4-5-14(20-2)15(10-13)21-11-12-6-8-17-9-7-12/h4-10H,3,11H2,1-2H3,(H,18,19). The number of pyridine rings is 1. The van der Waals surface area contributed by atoms with Gasteiger partial charge in [-0.15, -0.1) is 0 Å². The van der Waals surface area contributed by atoms with E-state index in [9.17, 15) is 4.79 Å². The number of rotatable bonds is 6. The van der Waals surface area contributed by atoms with Crippen molar-refractivity contribution in [3.8, 4) is 11.5 Å². The summed E-state index contributed by atoms with van der Waals surface area (Å²) < 4.78 is 11.0. The van der Waals surface area contributed by atoms with Gasteiger partial charge < -0.3 is 14.8 Å². The van der Waals surface area contributed by atoms with Gasteiger partial charge in [-0.05, 0) is 29.8 Å². The van der Waals surface area contributed by atoms with Crippen molar-refractivity contribution in [1.29, 1.82) is 0 Å². The molecular formula is C16H18N2O3. The number of nitrogens with one attached hydrogen (secondary N) is 1. The molecule has 0 aliphatic carbocycles. The zero-order valence-corrected chi connectivity index (χ0v) is 12.1. The molecule has 0 atom stereocenters. The molecule has 0 fully saturated rings. The van der Waals surface area contributed by atoms with Gasteiger partial charge in [-0.2, -0.15) is 0 Å². The lowest BCUT2D eigenvalue weighted by molar-refractivity contribution is -0.115. The molecule has 1 amide bonds. The highest BCUT2D eigenvalue weighted by Crippen LogP contribution is 2.30. The number of anilines is 1. The van der Waals surface area contributed by atoms with Crippen LogP contribution in [0.5, 0.6) is 11.5 Å². The van der Waals surface area contributed by atoms with Gasteiger partial charge in [-0.3, -0.25) is 9.78 Å². The van der Waals surface area contributed by atoms with Crippen LogP contribution in [-0.2, 0) is 11.4 Å². The second-order valence-electron chi connectivity index (χ2n) is 4.41. The summed E-state index contributed by atoms with van der Waals surface area (Å²) in [5.74, 6) is 1.17. The zero-order valence-electron chi connectivity index (χ0n) is 12.1. The summed E-state index contributed by atoms with van der Waals surface area (Å²) in [4.78, 5) is 15.4. The number of hydrogen-bond donors (Lipinski definition) is 1. The monoisotopic (exact) mass is 286 g/mol. The third kappa shape index (κ3) is 4.21. The Morgan fingerprint density at radius 1 is 1.19 bits per heavy atom. The molecule has 5 heteroatoms. The van der Waals surface area contributed by atoms with Gasteiger partial charge in [0.15, 0.2) is 11.5 Å². The fourth-order valence-corrected chi connectivity index (χ4v) is 1.76. The minimum atomic E-state index is -0.0414. The van der Waals surface area contributed by atoms with Gasteiger partial charge in [-0.1, -0.05) is 6.92 Å². The summed E-state index contributed by atoms with van der Waals surface area (Å²) in [6.45, 7) is 2.21. The average molecular weight is 286 g/mol. The molecule has 0 aliphatic heterocycles. The average Bonchev–Trinajstić information content (AvgIpc) is 2.54. The highest BCUT2D eigenvalue weighted by molar-refractivity contribution is 5.90. The molecule has 2 rings (SSSR count). The smallest absolute Gasteiger partial charge is 0.224 e. The fourth-order valence-electron chi connectivity index (χ4n) is 1.76. The predicted octanol–water partition coefficient (Wildman–Crippen LogP) is 3.02. The zero-order chi connectivity index (χ0) is 15.1. The summed E-state index contributed by atoms with van der Waals surface area (Å²) in [7, 11) is 1.58. The van der Waals surface area contributed by atoms with Gasteiger partial charge in [0.05, 0.1) is 7.11 Å². The first kappa shape index (κ1) is 14.8. The number of benzene rings is 1. The van der Waals surface area contributed by atoms with Crippen molar-refractivity contribution < 1.29 is 14.3 Å². The molecule has 1 aromatic heterocycles. The van der Waals surface area contributed by atoms with Gasteiger partial charge in [0.2, 0.25) is 5.91 Å². The molecule has 110 valence electrons. The van der Waals surface area contributed by atoms with E-state index in [1.54, 1.807) is 44.6 Å². The minimum absolute atomic E-state index is 0.0414. The first-order valence-electron chi connectivity index (χ1n) is 6.72. The van der Waals surface area contributed by atoms with Crippen molar-refractivity contribution >= 4 is 11.6 Å². The van der Waals surface area contributed by atoms with Crippen LogP contribution < -0.4 is 14.8 Å². The summed E-state index contributed by atoms with van der Waals surface area (Å²) in [6.07, 6.45) is 3.86. The summed E-state index contributed by atoms with van der Waals surface area (Å²) >= 11 is 0. The minimum Gasteiger partial charge on any atom is -0.493 e. The Kier molecular flexibility index (Phi) is 5.15. The van der Waals surface area contributed by atoms with E-state index in [2.05, 4.69) is 10.3 Å². The van der Waals surface area contributed by atoms with Gasteiger partial charge >= 0.3 is 0 Å². The van der Waals surface area contributed by atoms with Crippen LogP contribution in [0.15, 0.2) is 42.7 Å². The number of ether oxygens (including phenoxy) is 2. The molecule has 0 radical (unpaired) electrons. The maximum Gasteiger partial charge on any atom is 0.224 e. The maximum atomic E-state index is 11.4. The van der Waals surface area contributed by atoms with Crippen LogP contribution in [0.4, 0.5) is 5.69 Å². The largest absolute Gasteiger partial charge is 0.493 e. The Balaban J connectivity index is 2.12. The van der Waals surface area contributed by atoms with Gasteiger partial charge in [-0.25, -0.2) is 0 Å². The lowest BCUT2D eigenvalue weighted by atomic mass is 10.2. The molecule has 1 heterocycles. The quantitative estimate of drug-likeness (QED) is 0.886. The second kappa shape index (κ2) is 7.28. The van der Waals surface area contributed by atoms with Crippen LogP contribution in [0, 0.1) is 0 Å². The van der Waals surface area contributed by atoms with E-state index < -0.39 is 0 Å². The summed E-state index contributed by atoms with van der Waals surface area (Å²) in [5.41, 5.74) is 1.70. The summed E-state index contributed by atoms with van der Waals surface area (Å²) in [6, 6.07) is 9.08. The highest BCUT2D eigenvalue weighted by Gasteiger charge is 2.08. The number of nitrogens with zero attached hydrogens (tertiary/aromatic N) is 1. The molecule has 0 bridgehead atoms. The Hall–Kier alpha value is -2.56. The number of aromatic nitrogens is 1. The van der Waals surface area contributed by atoms with Crippen LogP contribution in [-0.4, -0.2) is 18.0 Å². The fraction of sp³-hybridized carbons (Fsp3) is 0.250. The predicted molar refractivity (Wildman–Crippen MR) is 80.5 cm³/mol. The van der Waals surface area contributed by atoms with Gasteiger partial charge in [0, 0.05) is 30.6 Å². The molecule has 1 N–H and O–H groups in total. The Morgan fingerprint density at radius 2 is 1.95 bits per heavy atom. The first-order valence-corrected chi connectivity index (χ1v) is 6.72. The maximum absolute atomic E-state index is 11.4. The third-order valence-corrected chi connectivity index (χ3v) is 2.91. The van der Waals surface area contributed by atoms with Crippen LogP contribution in [0.3, 0.4) is 0 Å². The Labute approximate surface area is 123 Å². The molecule has 0 unspecified atom stereocenters. The molecule has 0 saturated heterocycles. The van der Waals surface area contributed by atoms with Crippen molar-refractivity contribution in [2.24, 2.45) is 0 Å². The Bertz CT molecular complexity index is 600. The topological polar surface area (TPSA) is 60.5 Å². The molecule has 1 aromatic carbocycles. The number of amides is 1. The van der Waals surface area contributed by atoms with Crippen LogP contribution in [0.2, 0.25) is 0 Å². The van der Waals surface area contributed by atoms with Crippen LogP contribution in [0.25, 0.3) is 0 Å². The van der Waals surface area contributed by atoms with Crippen molar-refractivity contribution in [2.75, 3.05) is 12.4 Å². The molecule has 2 aromatic rings. The van der Waals surface area contributed by atoms with E-state index in [0.717, 1.165) is 5.56 Å². The van der Waals surface area contributed by atoms with Gasteiger partial charge in [0.25, 0.3) is 0 Å². The van der Waals surface area contributed by atoms with Crippen molar-refractivity contribution in [3.05, 3.63) is 48.3 Å². The van der Waals surface area contributed by atoms with E-state index in [1.807, 2.05) is 12.1 Å². The van der Waals surface area contributed by atoms with Crippen LogP contribution in [0.1, 0.15) is 18.9 Å². The summed E-state index contributed by atoms with van der Waals surface area (Å²) in [5, 5.41) is 2.80. The lowest BCUT2D eigenvalue weighted by Gasteiger charge is -2.13. The molecule has 21 heavy (non-hydrogen) atoms. The molecular weight excluding hydrogens is 268 g/mol. The lowest BCUT2D eigenvalue weighted by Crippen LogP contribution is -2.09. The molecule has 0 saturated carbocycles. The van der Waals surface area contributed by atoms with E-state index in [-0.39, 0.29) is 5.91 Å². The van der Waals surface area contributed by atoms with E-state index in [1.165, 1.54) is 0 Å². The normalized spacial score (nSPS) is 10.0.